The van der Waals surface area contributed by atoms with E-state index in [1.807, 2.05) is 0 Å². The third kappa shape index (κ3) is 3.52. The van der Waals surface area contributed by atoms with Gasteiger partial charge in [0, 0.05) is 23.9 Å². The van der Waals surface area contributed by atoms with Gasteiger partial charge in [-0.1, -0.05) is 6.07 Å². The smallest absolute Gasteiger partial charge is 0.247 e. The van der Waals surface area contributed by atoms with Crippen molar-refractivity contribution in [3.05, 3.63) is 72.3 Å². The molecule has 4 aromatic rings. The number of carbonyl (C=O) groups excluding carboxylic acids is 1. The zero-order chi connectivity index (χ0) is 19.7. The molecule has 0 aliphatic carbocycles. The van der Waals surface area contributed by atoms with Crippen LogP contribution < -0.4 is 10.6 Å². The average Bonchev–Trinajstić information content (AvgIpc) is 3.07. The molecule has 140 valence electrons. The average molecular weight is 379 g/mol. The van der Waals surface area contributed by atoms with Crippen molar-refractivity contribution in [1.29, 1.82) is 0 Å². The molecule has 2 aromatic carbocycles. The third-order valence-electron chi connectivity index (χ3n) is 4.04. The fourth-order valence-corrected chi connectivity index (χ4v) is 2.80. The Morgan fingerprint density at radius 1 is 0.964 bits per heavy atom. The zero-order valence-corrected chi connectivity index (χ0v) is 14.8. The number of anilines is 3. The lowest BCUT2D eigenvalue weighted by atomic mass is 10.1. The lowest BCUT2D eigenvalue weighted by Crippen LogP contribution is -2.05. The van der Waals surface area contributed by atoms with Crippen LogP contribution in [-0.2, 0) is 4.79 Å². The normalized spacial score (nSPS) is 10.8. The van der Waals surface area contributed by atoms with Crippen molar-refractivity contribution in [1.82, 2.24) is 14.6 Å². The number of carbonyl (C=O) groups is 1. The molecular weight excluding hydrogens is 364 g/mol. The van der Waals surface area contributed by atoms with E-state index in [2.05, 4.69) is 20.7 Å². The molecule has 0 saturated carbocycles. The quantitative estimate of drug-likeness (QED) is 0.552. The van der Waals surface area contributed by atoms with Gasteiger partial charge in [-0.2, -0.15) is 4.98 Å². The molecular formula is C20H15F2N5O. The number of hydrogen-bond acceptors (Lipinski definition) is 4. The van der Waals surface area contributed by atoms with Gasteiger partial charge >= 0.3 is 0 Å². The molecule has 0 bridgehead atoms. The zero-order valence-electron chi connectivity index (χ0n) is 14.8. The van der Waals surface area contributed by atoms with Gasteiger partial charge in [-0.25, -0.2) is 13.3 Å². The second kappa shape index (κ2) is 7.07. The van der Waals surface area contributed by atoms with E-state index in [1.54, 1.807) is 47.0 Å². The molecule has 2 heterocycles. The fourth-order valence-electron chi connectivity index (χ4n) is 2.80. The van der Waals surface area contributed by atoms with Crippen LogP contribution in [0.1, 0.15) is 6.92 Å². The molecule has 28 heavy (non-hydrogen) atoms. The highest BCUT2D eigenvalue weighted by molar-refractivity contribution is 5.88. The van der Waals surface area contributed by atoms with Gasteiger partial charge in [0.05, 0.1) is 5.69 Å². The lowest BCUT2D eigenvalue weighted by Gasteiger charge is -2.05. The summed E-state index contributed by atoms with van der Waals surface area (Å²) in [6.45, 7) is 1.44. The van der Waals surface area contributed by atoms with Crippen LogP contribution in [0.4, 0.5) is 26.1 Å². The maximum atomic E-state index is 13.6. The highest BCUT2D eigenvalue weighted by atomic mass is 19.2. The number of benzene rings is 2. The molecule has 0 radical (unpaired) electrons. The van der Waals surface area contributed by atoms with E-state index < -0.39 is 11.6 Å². The predicted molar refractivity (Wildman–Crippen MR) is 102 cm³/mol. The van der Waals surface area contributed by atoms with Gasteiger partial charge in [0.1, 0.15) is 0 Å². The molecule has 2 aromatic heterocycles. The Morgan fingerprint density at radius 2 is 1.71 bits per heavy atom. The number of pyridine rings is 1. The molecule has 4 rings (SSSR count). The van der Waals surface area contributed by atoms with Crippen LogP contribution in [0.3, 0.4) is 0 Å². The van der Waals surface area contributed by atoms with Crippen molar-refractivity contribution in [2.75, 3.05) is 10.6 Å². The van der Waals surface area contributed by atoms with Crippen molar-refractivity contribution >= 4 is 28.9 Å². The number of nitrogens with one attached hydrogen (secondary N) is 2. The lowest BCUT2D eigenvalue weighted by molar-refractivity contribution is -0.114. The molecule has 0 saturated heterocycles. The first kappa shape index (κ1) is 17.6. The van der Waals surface area contributed by atoms with Crippen molar-refractivity contribution < 1.29 is 13.6 Å². The van der Waals surface area contributed by atoms with Gasteiger partial charge in [0.25, 0.3) is 0 Å². The second-order valence-electron chi connectivity index (χ2n) is 6.13. The maximum absolute atomic E-state index is 13.6. The van der Waals surface area contributed by atoms with Gasteiger partial charge < -0.3 is 10.6 Å². The van der Waals surface area contributed by atoms with Gasteiger partial charge in [-0.3, -0.25) is 4.79 Å². The summed E-state index contributed by atoms with van der Waals surface area (Å²) in [5.41, 5.74) is 3.04. The molecule has 0 aliphatic heterocycles. The molecule has 0 fully saturated rings. The first-order chi connectivity index (χ1) is 13.5. The second-order valence-corrected chi connectivity index (χ2v) is 6.13. The number of halogens is 2. The monoisotopic (exact) mass is 379 g/mol. The van der Waals surface area contributed by atoms with Crippen LogP contribution in [-0.4, -0.2) is 20.5 Å². The topological polar surface area (TPSA) is 71.3 Å². The Labute approximate surface area is 158 Å². The van der Waals surface area contributed by atoms with Crippen LogP contribution >= 0.6 is 0 Å². The van der Waals surface area contributed by atoms with Crippen molar-refractivity contribution in [3.63, 3.8) is 0 Å². The Morgan fingerprint density at radius 3 is 2.43 bits per heavy atom. The minimum atomic E-state index is -0.924. The van der Waals surface area contributed by atoms with Gasteiger partial charge in [0.15, 0.2) is 17.3 Å². The Kier molecular flexibility index (Phi) is 4.44. The van der Waals surface area contributed by atoms with Crippen molar-refractivity contribution in [3.8, 4) is 11.3 Å². The van der Waals surface area contributed by atoms with E-state index in [0.717, 1.165) is 17.8 Å². The number of hydrogen-bond donors (Lipinski definition) is 2. The minimum absolute atomic E-state index is 0.146. The van der Waals surface area contributed by atoms with E-state index in [0.29, 0.717) is 28.5 Å². The number of fused-ring (bicyclic) bond motifs is 1. The Balaban J connectivity index is 1.65. The van der Waals surface area contributed by atoms with E-state index in [1.165, 1.54) is 13.0 Å². The van der Waals surface area contributed by atoms with Crippen molar-refractivity contribution in [2.24, 2.45) is 0 Å². The molecule has 0 spiro atoms. The largest absolute Gasteiger partial charge is 0.326 e. The van der Waals surface area contributed by atoms with Crippen LogP contribution in [0.2, 0.25) is 0 Å². The summed E-state index contributed by atoms with van der Waals surface area (Å²) in [6, 6.07) is 16.1. The van der Waals surface area contributed by atoms with Gasteiger partial charge in [-0.05, 0) is 54.6 Å². The van der Waals surface area contributed by atoms with Crippen LogP contribution in [0.15, 0.2) is 60.7 Å². The van der Waals surface area contributed by atoms with Gasteiger partial charge in [0.2, 0.25) is 11.9 Å². The number of amides is 1. The number of rotatable bonds is 4. The molecule has 0 atom stereocenters. The van der Waals surface area contributed by atoms with Crippen LogP contribution in [0.5, 0.6) is 0 Å². The highest BCUT2D eigenvalue weighted by Crippen LogP contribution is 2.24. The molecule has 1 amide bonds. The summed E-state index contributed by atoms with van der Waals surface area (Å²) in [5.74, 6) is -1.62. The van der Waals surface area contributed by atoms with Crippen LogP contribution in [0.25, 0.3) is 16.9 Å². The fraction of sp³-hybridized carbons (Fsp3) is 0.0500. The molecule has 2 N–H and O–H groups in total. The molecule has 8 heteroatoms. The third-order valence-corrected chi connectivity index (χ3v) is 4.04. The SMILES string of the molecule is CC(=O)Nc1ccc(Nc2nc3cccc(-c4ccc(F)c(F)c4)n3n2)cc1. The molecule has 0 unspecified atom stereocenters. The van der Waals surface area contributed by atoms with Gasteiger partial charge in [-0.15, -0.1) is 5.10 Å². The van der Waals surface area contributed by atoms with E-state index in [9.17, 15) is 13.6 Å². The first-order valence-electron chi connectivity index (χ1n) is 8.45. The summed E-state index contributed by atoms with van der Waals surface area (Å²) >= 11 is 0. The maximum Gasteiger partial charge on any atom is 0.247 e. The van der Waals surface area contributed by atoms with E-state index >= 15 is 0 Å². The predicted octanol–water partition coefficient (Wildman–Crippen LogP) is 4.38. The summed E-state index contributed by atoms with van der Waals surface area (Å²) in [7, 11) is 0. The Bertz CT molecular complexity index is 1170. The number of nitrogens with zero attached hydrogens (tertiary/aromatic N) is 3. The van der Waals surface area contributed by atoms with E-state index in [4.69, 9.17) is 0 Å². The summed E-state index contributed by atoms with van der Waals surface area (Å²) in [4.78, 5) is 15.5. The standard InChI is InChI=1S/C20H15F2N5O/c1-12(28)23-14-6-8-15(9-7-14)24-20-25-19-4-2-3-18(27(19)26-20)13-5-10-16(21)17(22)11-13/h2-11H,1H3,(H,23,28)(H,24,26). The Hall–Kier alpha value is -3.81. The van der Waals surface area contributed by atoms with Crippen molar-refractivity contribution in [2.45, 2.75) is 6.92 Å². The number of aromatic nitrogens is 3. The highest BCUT2D eigenvalue weighted by Gasteiger charge is 2.11. The van der Waals surface area contributed by atoms with E-state index in [-0.39, 0.29) is 5.91 Å². The summed E-state index contributed by atoms with van der Waals surface area (Å²) < 4.78 is 28.4. The molecule has 6 nitrogen and oxygen atoms in total. The summed E-state index contributed by atoms with van der Waals surface area (Å²) in [5, 5.41) is 10.2. The minimum Gasteiger partial charge on any atom is -0.326 e. The molecule has 0 aliphatic rings. The van der Waals surface area contributed by atoms with Crippen LogP contribution in [0, 0.1) is 11.6 Å². The summed E-state index contributed by atoms with van der Waals surface area (Å²) in [6.07, 6.45) is 0. The first-order valence-corrected chi connectivity index (χ1v) is 8.45.